The van der Waals surface area contributed by atoms with Gasteiger partial charge in [0.05, 0.1) is 11.1 Å². The Bertz CT molecular complexity index is 2740. The molecule has 6 aromatic carbocycles. The molecule has 11 rings (SSSR count). The number of hydrogen-bond donors (Lipinski definition) is 0. The minimum atomic E-state index is -0.373. The first-order valence-electron chi connectivity index (χ1n) is 19.3. The highest BCUT2D eigenvalue weighted by Gasteiger charge is 2.53. The highest BCUT2D eigenvalue weighted by atomic mass is 15.2. The second-order valence-electron chi connectivity index (χ2n) is 15.7. The van der Waals surface area contributed by atoms with Crippen molar-refractivity contribution >= 4 is 22.5 Å². The van der Waals surface area contributed by atoms with Crippen LogP contribution in [0.1, 0.15) is 72.1 Å². The zero-order valence-electron chi connectivity index (χ0n) is 30.7. The smallest absolute Gasteiger partial charge is 0.0722 e. The Morgan fingerprint density at radius 3 is 1.85 bits per heavy atom. The van der Waals surface area contributed by atoms with Crippen LogP contribution in [0.5, 0.6) is 0 Å². The van der Waals surface area contributed by atoms with Crippen molar-refractivity contribution in [2.45, 2.75) is 43.9 Å². The minimum Gasteiger partial charge on any atom is -0.314 e. The summed E-state index contributed by atoms with van der Waals surface area (Å²) in [4.78, 5) is 2.59. The summed E-state index contributed by atoms with van der Waals surface area (Å²) in [5, 5.41) is 0. The Balaban J connectivity index is 1.17. The van der Waals surface area contributed by atoms with Crippen molar-refractivity contribution in [3.63, 3.8) is 0 Å². The molecule has 5 aliphatic rings. The van der Waals surface area contributed by atoms with E-state index < -0.39 is 0 Å². The van der Waals surface area contributed by atoms with E-state index in [1.807, 2.05) is 6.08 Å². The molecule has 5 aliphatic carbocycles. The predicted molar refractivity (Wildman–Crippen MR) is 225 cm³/mol. The van der Waals surface area contributed by atoms with Crippen molar-refractivity contribution < 1.29 is 0 Å². The molecule has 0 saturated carbocycles. The van der Waals surface area contributed by atoms with E-state index in [0.29, 0.717) is 6.42 Å². The Hall–Kier alpha value is -6.36. The zero-order valence-corrected chi connectivity index (χ0v) is 30.7. The molecule has 0 bridgehead atoms. The number of fused-ring (bicyclic) bond motifs is 12. The van der Waals surface area contributed by atoms with E-state index in [1.54, 1.807) is 0 Å². The maximum atomic E-state index is 3.38. The Morgan fingerprint density at radius 1 is 0.556 bits per heavy atom. The molecule has 1 heteroatoms. The van der Waals surface area contributed by atoms with Gasteiger partial charge in [-0.1, -0.05) is 159 Å². The average Bonchev–Trinajstić information content (AvgIpc) is 3.63. The first-order valence-corrected chi connectivity index (χ1v) is 19.3. The lowest BCUT2D eigenvalue weighted by atomic mass is 9.69. The monoisotopic (exact) mass is 689 g/mol. The predicted octanol–water partition coefficient (Wildman–Crippen LogP) is 12.9. The lowest BCUT2D eigenvalue weighted by molar-refractivity contribution is 0.660. The van der Waals surface area contributed by atoms with Crippen molar-refractivity contribution in [3.8, 4) is 34.1 Å². The van der Waals surface area contributed by atoms with Gasteiger partial charge < -0.3 is 4.90 Å². The third kappa shape index (κ3) is 4.17. The second kappa shape index (κ2) is 11.6. The molecular formula is C53H39N. The lowest BCUT2D eigenvalue weighted by Gasteiger charge is -2.36. The third-order valence-corrected chi connectivity index (χ3v) is 12.7. The summed E-state index contributed by atoms with van der Waals surface area (Å²) in [5.41, 5.74) is 22.3. The molecule has 54 heavy (non-hydrogen) atoms. The number of hydrogen-bond acceptors (Lipinski definition) is 1. The van der Waals surface area contributed by atoms with E-state index in [2.05, 4.69) is 188 Å². The third-order valence-electron chi connectivity index (χ3n) is 12.7. The largest absolute Gasteiger partial charge is 0.314 e. The van der Waals surface area contributed by atoms with Crippen LogP contribution in [0, 0.1) is 11.8 Å². The summed E-state index contributed by atoms with van der Waals surface area (Å²) in [5.74, 6) is 6.58. The molecule has 0 fully saturated rings. The van der Waals surface area contributed by atoms with Crippen molar-refractivity contribution in [3.05, 3.63) is 214 Å². The van der Waals surface area contributed by atoms with Crippen molar-refractivity contribution in [2.24, 2.45) is 0 Å². The molecular weight excluding hydrogens is 651 g/mol. The van der Waals surface area contributed by atoms with Crippen LogP contribution < -0.4 is 4.90 Å². The first-order chi connectivity index (χ1) is 26.6. The first kappa shape index (κ1) is 31.2. The number of allylic oxidation sites excluding steroid dienone is 8. The van der Waals surface area contributed by atoms with Crippen LogP contribution in [0.25, 0.3) is 33.4 Å². The average molecular weight is 690 g/mol. The van der Waals surface area contributed by atoms with E-state index in [1.165, 1.54) is 95.0 Å². The van der Waals surface area contributed by atoms with Gasteiger partial charge in [-0.05, 0) is 116 Å². The SMILES string of the molecule is CC1(C)c2ccccc2-c2ccc(N(C3=CC4=C(CC3)c3ccccc3C43c4ccccc4-c4ccccc43)c3ccccc3C3=CC=CC#CC3)cc21. The number of anilines is 2. The van der Waals surface area contributed by atoms with Crippen LogP contribution >= 0.6 is 0 Å². The fourth-order valence-electron chi connectivity index (χ4n) is 10.4. The van der Waals surface area contributed by atoms with Gasteiger partial charge in [-0.25, -0.2) is 0 Å². The summed E-state index contributed by atoms with van der Waals surface area (Å²) < 4.78 is 0. The van der Waals surface area contributed by atoms with Gasteiger partial charge in [0.25, 0.3) is 0 Å². The zero-order chi connectivity index (χ0) is 36.0. The van der Waals surface area contributed by atoms with Gasteiger partial charge in [0, 0.05) is 28.8 Å². The summed E-state index contributed by atoms with van der Waals surface area (Å²) in [6.45, 7) is 4.76. The van der Waals surface area contributed by atoms with Crippen LogP contribution in [-0.4, -0.2) is 0 Å². The van der Waals surface area contributed by atoms with Crippen LogP contribution in [0.15, 0.2) is 175 Å². The van der Waals surface area contributed by atoms with E-state index >= 15 is 0 Å². The lowest BCUT2D eigenvalue weighted by Crippen LogP contribution is -2.28. The fraction of sp³-hybridized carbons (Fsp3) is 0.132. The van der Waals surface area contributed by atoms with Crippen LogP contribution in [0.3, 0.4) is 0 Å². The van der Waals surface area contributed by atoms with E-state index in [4.69, 9.17) is 0 Å². The van der Waals surface area contributed by atoms with Gasteiger partial charge in [-0.15, -0.1) is 0 Å². The van der Waals surface area contributed by atoms with Gasteiger partial charge in [0.2, 0.25) is 0 Å². The van der Waals surface area contributed by atoms with Crippen molar-refractivity contribution in [1.29, 1.82) is 0 Å². The standard InChI is InChI=1S/C53H39N/c1-52(2)45-24-12-7-20-39(45)43-31-29-36(33-49(43)52)54(51-28-16-11-19-38(51)35-17-5-3-4-6-18-35)37-30-32-44-42-23-10-15-27-48(42)53(50(44)34-37)46-25-13-8-21-40(46)41-22-9-14-26-47(41)53/h3,5,7-17,19-29,31,33-34H,18,30,32H2,1-2H3. The maximum absolute atomic E-state index is 3.38. The van der Waals surface area contributed by atoms with Crippen LogP contribution in [-0.2, 0) is 10.8 Å². The highest BCUT2D eigenvalue weighted by molar-refractivity contribution is 5.97. The van der Waals surface area contributed by atoms with E-state index in [0.717, 1.165) is 12.8 Å². The molecule has 0 saturated heterocycles. The normalized spacial score (nSPS) is 17.2. The van der Waals surface area contributed by atoms with Crippen LogP contribution in [0.4, 0.5) is 11.4 Å². The molecule has 0 aliphatic heterocycles. The van der Waals surface area contributed by atoms with E-state index in [9.17, 15) is 0 Å². The molecule has 0 radical (unpaired) electrons. The number of rotatable bonds is 4. The van der Waals surface area contributed by atoms with Gasteiger partial charge in [0.15, 0.2) is 0 Å². The topological polar surface area (TPSA) is 3.24 Å². The van der Waals surface area contributed by atoms with Gasteiger partial charge >= 0.3 is 0 Å². The Morgan fingerprint density at radius 2 is 1.13 bits per heavy atom. The van der Waals surface area contributed by atoms with Crippen molar-refractivity contribution in [2.75, 3.05) is 4.90 Å². The molecule has 0 heterocycles. The van der Waals surface area contributed by atoms with E-state index in [-0.39, 0.29) is 10.8 Å². The van der Waals surface area contributed by atoms with Crippen molar-refractivity contribution in [1.82, 2.24) is 0 Å². The quantitative estimate of drug-likeness (QED) is 0.167. The molecule has 6 aromatic rings. The molecule has 1 spiro atoms. The summed E-state index contributed by atoms with van der Waals surface area (Å²) in [6, 6.07) is 52.6. The maximum Gasteiger partial charge on any atom is 0.0722 e. The second-order valence-corrected chi connectivity index (χ2v) is 15.7. The summed E-state index contributed by atoms with van der Waals surface area (Å²) >= 11 is 0. The van der Waals surface area contributed by atoms with Crippen LogP contribution in [0.2, 0.25) is 0 Å². The number of para-hydroxylation sites is 1. The molecule has 0 aromatic heterocycles. The fourth-order valence-corrected chi connectivity index (χ4v) is 10.4. The number of nitrogens with zero attached hydrogens (tertiary/aromatic N) is 1. The molecule has 0 atom stereocenters. The Labute approximate surface area is 318 Å². The minimum absolute atomic E-state index is 0.109. The molecule has 256 valence electrons. The van der Waals surface area contributed by atoms with Gasteiger partial charge in [-0.2, -0.15) is 0 Å². The molecule has 0 N–H and O–H groups in total. The summed E-state index contributed by atoms with van der Waals surface area (Å²) in [6.07, 6.45) is 11.5. The molecule has 0 amide bonds. The Kier molecular flexibility index (Phi) is 6.68. The van der Waals surface area contributed by atoms with Gasteiger partial charge in [-0.3, -0.25) is 0 Å². The summed E-state index contributed by atoms with van der Waals surface area (Å²) in [7, 11) is 0. The number of benzene rings is 6. The molecule has 0 unspecified atom stereocenters. The highest BCUT2D eigenvalue weighted by Crippen LogP contribution is 2.64. The molecule has 1 nitrogen and oxygen atoms in total. The van der Waals surface area contributed by atoms with Gasteiger partial charge in [0.1, 0.15) is 0 Å².